The van der Waals surface area contributed by atoms with Crippen molar-refractivity contribution in [3.63, 3.8) is 0 Å². The van der Waals surface area contributed by atoms with Crippen LogP contribution in [0.15, 0.2) is 46.9 Å². The number of hydrogen-bond donors (Lipinski definition) is 1. The fourth-order valence-corrected chi connectivity index (χ4v) is 3.89. The molecule has 7 nitrogen and oxygen atoms in total. The first-order valence-electron chi connectivity index (χ1n) is 8.40. The number of anilines is 1. The summed E-state index contributed by atoms with van der Waals surface area (Å²) in [4.78, 5) is 12.5. The fourth-order valence-electron chi connectivity index (χ4n) is 2.65. The van der Waals surface area contributed by atoms with Crippen LogP contribution in [0, 0.1) is 0 Å². The molecule has 28 heavy (non-hydrogen) atoms. The second kappa shape index (κ2) is 9.29. The van der Waals surface area contributed by atoms with Gasteiger partial charge >= 0.3 is 0 Å². The van der Waals surface area contributed by atoms with Crippen molar-refractivity contribution >= 4 is 37.5 Å². The van der Waals surface area contributed by atoms with Gasteiger partial charge in [-0.05, 0) is 42.8 Å². The molecule has 0 saturated carbocycles. The van der Waals surface area contributed by atoms with E-state index in [0.29, 0.717) is 17.2 Å². The van der Waals surface area contributed by atoms with Crippen LogP contribution in [-0.4, -0.2) is 41.3 Å². The summed E-state index contributed by atoms with van der Waals surface area (Å²) in [7, 11) is -0.554. The molecule has 0 unspecified atom stereocenters. The Morgan fingerprint density at radius 1 is 1.14 bits per heavy atom. The predicted molar refractivity (Wildman–Crippen MR) is 112 cm³/mol. The average Bonchev–Trinajstić information content (AvgIpc) is 2.64. The lowest BCUT2D eigenvalue weighted by Gasteiger charge is -2.23. The molecule has 0 aliphatic rings. The zero-order chi connectivity index (χ0) is 20.9. The summed E-state index contributed by atoms with van der Waals surface area (Å²) in [5.74, 6) is 0.711. The van der Waals surface area contributed by atoms with E-state index < -0.39 is 15.9 Å². The highest BCUT2D eigenvalue weighted by atomic mass is 79.9. The number of nitrogens with zero attached hydrogens (tertiary/aromatic N) is 1. The Bertz CT molecular complexity index is 949. The molecule has 2 rings (SSSR count). The van der Waals surface area contributed by atoms with E-state index in [1.165, 1.54) is 7.11 Å². The molecule has 0 saturated heterocycles. The van der Waals surface area contributed by atoms with Crippen LogP contribution in [0.4, 0.5) is 5.69 Å². The summed E-state index contributed by atoms with van der Waals surface area (Å²) < 4.78 is 36.7. The van der Waals surface area contributed by atoms with Crippen LogP contribution in [0.1, 0.15) is 18.5 Å². The van der Waals surface area contributed by atoms with Crippen molar-refractivity contribution in [2.24, 2.45) is 0 Å². The topological polar surface area (TPSA) is 84.9 Å². The van der Waals surface area contributed by atoms with Crippen LogP contribution in [0.5, 0.6) is 11.5 Å². The number of methoxy groups -OCH3 is 2. The highest BCUT2D eigenvalue weighted by molar-refractivity contribution is 9.10. The van der Waals surface area contributed by atoms with Gasteiger partial charge in [0.1, 0.15) is 6.54 Å². The third-order valence-corrected chi connectivity index (χ3v) is 5.70. The SMILES string of the molecule is COc1ccc([C@H](C)NC(=O)CN(c2cccc(Br)c2)S(C)(=O)=O)cc1OC. The number of hydrogen-bond acceptors (Lipinski definition) is 5. The summed E-state index contributed by atoms with van der Waals surface area (Å²) >= 11 is 3.32. The normalized spacial score (nSPS) is 12.2. The van der Waals surface area contributed by atoms with Crippen LogP contribution in [0.2, 0.25) is 0 Å². The average molecular weight is 471 g/mol. The van der Waals surface area contributed by atoms with E-state index in [0.717, 1.165) is 20.6 Å². The van der Waals surface area contributed by atoms with Gasteiger partial charge in [0.2, 0.25) is 15.9 Å². The monoisotopic (exact) mass is 470 g/mol. The molecule has 0 aliphatic carbocycles. The molecule has 9 heteroatoms. The van der Waals surface area contributed by atoms with Gasteiger partial charge in [0, 0.05) is 4.47 Å². The maximum Gasteiger partial charge on any atom is 0.241 e. The van der Waals surface area contributed by atoms with Crippen molar-refractivity contribution in [2.75, 3.05) is 31.3 Å². The number of rotatable bonds is 8. The van der Waals surface area contributed by atoms with Gasteiger partial charge in [0.15, 0.2) is 11.5 Å². The van der Waals surface area contributed by atoms with Gasteiger partial charge in [-0.3, -0.25) is 9.10 Å². The Hall–Kier alpha value is -2.26. The van der Waals surface area contributed by atoms with E-state index in [1.54, 1.807) is 43.5 Å². The van der Waals surface area contributed by atoms with Crippen molar-refractivity contribution in [3.8, 4) is 11.5 Å². The summed E-state index contributed by atoms with van der Waals surface area (Å²) in [6, 6.07) is 11.8. The molecule has 2 aromatic rings. The molecule has 0 aliphatic heterocycles. The molecule has 0 fully saturated rings. The van der Waals surface area contributed by atoms with Crippen LogP contribution in [0.3, 0.4) is 0 Å². The van der Waals surface area contributed by atoms with Gasteiger partial charge in [0.25, 0.3) is 0 Å². The number of benzene rings is 2. The molecule has 0 bridgehead atoms. The van der Waals surface area contributed by atoms with Gasteiger partial charge in [-0.25, -0.2) is 8.42 Å². The minimum atomic E-state index is -3.63. The van der Waals surface area contributed by atoms with Gasteiger partial charge in [-0.15, -0.1) is 0 Å². The number of amides is 1. The molecule has 0 spiro atoms. The van der Waals surface area contributed by atoms with Crippen molar-refractivity contribution < 1.29 is 22.7 Å². The molecule has 152 valence electrons. The molecular weight excluding hydrogens is 448 g/mol. The van der Waals surface area contributed by atoms with Crippen LogP contribution >= 0.6 is 15.9 Å². The van der Waals surface area contributed by atoms with Crippen LogP contribution in [0.25, 0.3) is 0 Å². The Kier molecular flexibility index (Phi) is 7.31. The number of carbonyl (C=O) groups is 1. The number of ether oxygens (including phenoxy) is 2. The van der Waals surface area contributed by atoms with Crippen molar-refractivity contribution in [3.05, 3.63) is 52.5 Å². The molecule has 0 heterocycles. The summed E-state index contributed by atoms with van der Waals surface area (Å²) in [5, 5.41) is 2.82. The lowest BCUT2D eigenvalue weighted by Crippen LogP contribution is -2.41. The second-order valence-electron chi connectivity index (χ2n) is 6.15. The van der Waals surface area contributed by atoms with Crippen molar-refractivity contribution in [1.82, 2.24) is 5.32 Å². The Balaban J connectivity index is 2.16. The first-order chi connectivity index (χ1) is 13.2. The Morgan fingerprint density at radius 3 is 2.39 bits per heavy atom. The van der Waals surface area contributed by atoms with E-state index in [-0.39, 0.29) is 12.6 Å². The molecule has 2 aromatic carbocycles. The summed E-state index contributed by atoms with van der Waals surface area (Å²) in [6.45, 7) is 1.48. The van der Waals surface area contributed by atoms with E-state index in [2.05, 4.69) is 21.2 Å². The van der Waals surface area contributed by atoms with Gasteiger partial charge in [-0.2, -0.15) is 0 Å². The molecule has 1 amide bonds. The largest absolute Gasteiger partial charge is 0.493 e. The summed E-state index contributed by atoms with van der Waals surface area (Å²) in [6.07, 6.45) is 1.07. The quantitative estimate of drug-likeness (QED) is 0.640. The minimum Gasteiger partial charge on any atom is -0.493 e. The van der Waals surface area contributed by atoms with Crippen molar-refractivity contribution in [1.29, 1.82) is 0 Å². The lowest BCUT2D eigenvalue weighted by molar-refractivity contribution is -0.120. The highest BCUT2D eigenvalue weighted by Crippen LogP contribution is 2.30. The number of sulfonamides is 1. The molecular formula is C19H23BrN2O5S. The number of nitrogens with one attached hydrogen (secondary N) is 1. The van der Waals surface area contributed by atoms with E-state index in [4.69, 9.17) is 9.47 Å². The zero-order valence-electron chi connectivity index (χ0n) is 16.1. The maximum absolute atomic E-state index is 12.5. The predicted octanol–water partition coefficient (Wildman–Crippen LogP) is 3.11. The van der Waals surface area contributed by atoms with Gasteiger partial charge < -0.3 is 14.8 Å². The van der Waals surface area contributed by atoms with Gasteiger partial charge in [-0.1, -0.05) is 28.1 Å². The second-order valence-corrected chi connectivity index (χ2v) is 8.98. The molecule has 0 aromatic heterocycles. The molecule has 0 radical (unpaired) electrons. The molecule has 1 N–H and O–H groups in total. The standard InChI is InChI=1S/C19H23BrN2O5S/c1-13(14-8-9-17(26-2)18(10-14)27-3)21-19(23)12-22(28(4,24)25)16-7-5-6-15(20)11-16/h5-11,13H,12H2,1-4H3,(H,21,23)/t13-/m0/s1. The van der Waals surface area contributed by atoms with Crippen LogP contribution < -0.4 is 19.1 Å². The fraction of sp³-hybridized carbons (Fsp3) is 0.316. The third kappa shape index (κ3) is 5.62. The maximum atomic E-state index is 12.5. The minimum absolute atomic E-state index is 0.326. The van der Waals surface area contributed by atoms with E-state index in [9.17, 15) is 13.2 Å². The Labute approximate surface area is 173 Å². The van der Waals surface area contributed by atoms with Crippen LogP contribution in [-0.2, 0) is 14.8 Å². The van der Waals surface area contributed by atoms with Crippen molar-refractivity contribution in [2.45, 2.75) is 13.0 Å². The Morgan fingerprint density at radius 2 is 1.82 bits per heavy atom. The first-order valence-corrected chi connectivity index (χ1v) is 11.0. The number of halogens is 1. The van der Waals surface area contributed by atoms with E-state index >= 15 is 0 Å². The smallest absolute Gasteiger partial charge is 0.241 e. The van der Waals surface area contributed by atoms with Gasteiger partial charge in [0.05, 0.1) is 32.2 Å². The lowest BCUT2D eigenvalue weighted by atomic mass is 10.1. The number of carbonyl (C=O) groups excluding carboxylic acids is 1. The molecule has 1 atom stereocenters. The zero-order valence-corrected chi connectivity index (χ0v) is 18.5. The first kappa shape index (κ1) is 22.0. The van der Waals surface area contributed by atoms with E-state index in [1.807, 2.05) is 13.0 Å². The third-order valence-electron chi connectivity index (χ3n) is 4.07. The highest BCUT2D eigenvalue weighted by Gasteiger charge is 2.22. The summed E-state index contributed by atoms with van der Waals surface area (Å²) in [5.41, 5.74) is 1.21.